The molecule has 0 aromatic heterocycles. The van der Waals surface area contributed by atoms with Gasteiger partial charge < -0.3 is 10.0 Å². The van der Waals surface area contributed by atoms with Crippen LogP contribution in [0.4, 0.5) is 0 Å². The lowest BCUT2D eigenvalue weighted by atomic mass is 9.98. The molecule has 0 aromatic rings. The third kappa shape index (κ3) is 2.19. The first kappa shape index (κ1) is 8.53. The standard InChI is InChI=1S/C8H15NO2/c1-6-3-8(11)5-9(4-6)7(2)10/h6,8,11H,3-5H2,1-2H3/t6-,8-/m0/s1. The van der Waals surface area contributed by atoms with Crippen molar-refractivity contribution in [2.75, 3.05) is 13.1 Å². The molecule has 1 fully saturated rings. The van der Waals surface area contributed by atoms with Gasteiger partial charge in [-0.15, -0.1) is 0 Å². The lowest BCUT2D eigenvalue weighted by Gasteiger charge is -2.33. The molecular weight excluding hydrogens is 142 g/mol. The number of rotatable bonds is 0. The molecule has 0 unspecified atom stereocenters. The van der Waals surface area contributed by atoms with Crippen LogP contribution in [0.3, 0.4) is 0 Å². The first-order valence-corrected chi connectivity index (χ1v) is 4.03. The van der Waals surface area contributed by atoms with E-state index < -0.39 is 0 Å². The first-order valence-electron chi connectivity index (χ1n) is 4.03. The second kappa shape index (κ2) is 3.22. The fourth-order valence-corrected chi connectivity index (χ4v) is 1.58. The molecule has 1 N–H and O–H groups in total. The highest BCUT2D eigenvalue weighted by Gasteiger charge is 2.24. The summed E-state index contributed by atoms with van der Waals surface area (Å²) in [6.07, 6.45) is 0.506. The lowest BCUT2D eigenvalue weighted by Crippen LogP contribution is -2.44. The minimum absolute atomic E-state index is 0.0654. The highest BCUT2D eigenvalue weighted by atomic mass is 16.3. The number of amides is 1. The van der Waals surface area contributed by atoms with Crippen molar-refractivity contribution in [3.8, 4) is 0 Å². The van der Waals surface area contributed by atoms with Crippen LogP contribution >= 0.6 is 0 Å². The second-order valence-electron chi connectivity index (χ2n) is 3.42. The Morgan fingerprint density at radius 1 is 1.55 bits per heavy atom. The van der Waals surface area contributed by atoms with Crippen LogP contribution in [0.25, 0.3) is 0 Å². The first-order chi connectivity index (χ1) is 5.09. The molecule has 0 saturated carbocycles. The molecule has 0 aliphatic carbocycles. The van der Waals surface area contributed by atoms with Crippen molar-refractivity contribution >= 4 is 5.91 Å². The van der Waals surface area contributed by atoms with Gasteiger partial charge in [0.15, 0.2) is 0 Å². The van der Waals surface area contributed by atoms with E-state index in [2.05, 4.69) is 6.92 Å². The summed E-state index contributed by atoms with van der Waals surface area (Å²) in [6, 6.07) is 0. The molecule has 0 bridgehead atoms. The van der Waals surface area contributed by atoms with E-state index in [0.717, 1.165) is 13.0 Å². The molecule has 3 nitrogen and oxygen atoms in total. The topological polar surface area (TPSA) is 40.5 Å². The van der Waals surface area contributed by atoms with Crippen molar-refractivity contribution in [3.63, 3.8) is 0 Å². The van der Waals surface area contributed by atoms with E-state index in [1.54, 1.807) is 11.8 Å². The predicted molar refractivity (Wildman–Crippen MR) is 42.0 cm³/mol. The molecule has 2 atom stereocenters. The molecule has 0 aromatic carbocycles. The maximum absolute atomic E-state index is 10.9. The number of carbonyl (C=O) groups excluding carboxylic acids is 1. The van der Waals surface area contributed by atoms with Crippen LogP contribution in [0.1, 0.15) is 20.3 Å². The molecule has 64 valence electrons. The van der Waals surface area contributed by atoms with E-state index in [9.17, 15) is 9.90 Å². The number of piperidine rings is 1. The molecular formula is C8H15NO2. The number of aliphatic hydroxyl groups excluding tert-OH is 1. The van der Waals surface area contributed by atoms with Gasteiger partial charge in [0, 0.05) is 20.0 Å². The van der Waals surface area contributed by atoms with E-state index in [-0.39, 0.29) is 12.0 Å². The van der Waals surface area contributed by atoms with Crippen molar-refractivity contribution in [1.29, 1.82) is 0 Å². The van der Waals surface area contributed by atoms with Gasteiger partial charge in [-0.25, -0.2) is 0 Å². The van der Waals surface area contributed by atoms with E-state index >= 15 is 0 Å². The van der Waals surface area contributed by atoms with Gasteiger partial charge in [0.05, 0.1) is 6.10 Å². The summed E-state index contributed by atoms with van der Waals surface area (Å²) >= 11 is 0. The molecule has 1 aliphatic rings. The Morgan fingerprint density at radius 2 is 2.18 bits per heavy atom. The molecule has 0 spiro atoms. The molecule has 1 saturated heterocycles. The van der Waals surface area contributed by atoms with Crippen molar-refractivity contribution in [2.45, 2.75) is 26.4 Å². The number of nitrogens with zero attached hydrogens (tertiary/aromatic N) is 1. The minimum atomic E-state index is -0.317. The molecule has 1 aliphatic heterocycles. The van der Waals surface area contributed by atoms with Crippen LogP contribution in [0.15, 0.2) is 0 Å². The highest BCUT2D eigenvalue weighted by molar-refractivity contribution is 5.73. The number of β-amino-alcohol motifs (C(OH)–C–C–N with tert-alkyl or cyclic N) is 1. The Hall–Kier alpha value is -0.570. The normalized spacial score (nSPS) is 32.1. The summed E-state index contributed by atoms with van der Waals surface area (Å²) in [4.78, 5) is 12.6. The van der Waals surface area contributed by atoms with Gasteiger partial charge in [-0.3, -0.25) is 4.79 Å². The molecule has 1 amide bonds. The largest absolute Gasteiger partial charge is 0.391 e. The zero-order valence-electron chi connectivity index (χ0n) is 7.08. The van der Waals surface area contributed by atoms with Crippen molar-refractivity contribution in [2.24, 2.45) is 5.92 Å². The van der Waals surface area contributed by atoms with Gasteiger partial charge in [0.2, 0.25) is 5.91 Å². The van der Waals surface area contributed by atoms with Gasteiger partial charge in [-0.1, -0.05) is 6.92 Å². The lowest BCUT2D eigenvalue weighted by molar-refractivity contribution is -0.133. The summed E-state index contributed by atoms with van der Waals surface area (Å²) in [5.74, 6) is 0.498. The van der Waals surface area contributed by atoms with Crippen molar-refractivity contribution in [1.82, 2.24) is 4.90 Å². The third-order valence-corrected chi connectivity index (χ3v) is 2.08. The number of hydrogen-bond acceptors (Lipinski definition) is 2. The summed E-state index contributed by atoms with van der Waals surface area (Å²) in [5.41, 5.74) is 0. The number of aliphatic hydroxyl groups is 1. The minimum Gasteiger partial charge on any atom is -0.391 e. The fraction of sp³-hybridized carbons (Fsp3) is 0.875. The smallest absolute Gasteiger partial charge is 0.219 e. The molecule has 3 heteroatoms. The van der Waals surface area contributed by atoms with Gasteiger partial charge in [-0.2, -0.15) is 0 Å². The Balaban J connectivity index is 2.49. The van der Waals surface area contributed by atoms with Gasteiger partial charge in [-0.05, 0) is 12.3 Å². The Bertz CT molecular complexity index is 148. The zero-order chi connectivity index (χ0) is 8.43. The fourth-order valence-electron chi connectivity index (χ4n) is 1.58. The Labute approximate surface area is 67.0 Å². The number of hydrogen-bond donors (Lipinski definition) is 1. The average Bonchev–Trinajstić information content (AvgIpc) is 1.85. The van der Waals surface area contributed by atoms with E-state index in [0.29, 0.717) is 12.5 Å². The predicted octanol–water partition coefficient (Wildman–Crippen LogP) is 0.236. The summed E-state index contributed by atoms with van der Waals surface area (Å²) < 4.78 is 0. The van der Waals surface area contributed by atoms with Gasteiger partial charge in [0.1, 0.15) is 0 Å². The maximum atomic E-state index is 10.9. The molecule has 1 rings (SSSR count). The van der Waals surface area contributed by atoms with Gasteiger partial charge in [0.25, 0.3) is 0 Å². The van der Waals surface area contributed by atoms with Crippen molar-refractivity contribution < 1.29 is 9.90 Å². The van der Waals surface area contributed by atoms with Crippen LogP contribution in [-0.4, -0.2) is 35.1 Å². The van der Waals surface area contributed by atoms with Gasteiger partial charge >= 0.3 is 0 Å². The Morgan fingerprint density at radius 3 is 2.64 bits per heavy atom. The van der Waals surface area contributed by atoms with Crippen LogP contribution in [-0.2, 0) is 4.79 Å². The zero-order valence-corrected chi connectivity index (χ0v) is 7.08. The molecule has 11 heavy (non-hydrogen) atoms. The average molecular weight is 157 g/mol. The highest BCUT2D eigenvalue weighted by Crippen LogP contribution is 2.15. The number of likely N-dealkylation sites (tertiary alicyclic amines) is 1. The third-order valence-electron chi connectivity index (χ3n) is 2.08. The van der Waals surface area contributed by atoms with Crippen LogP contribution < -0.4 is 0 Å². The van der Waals surface area contributed by atoms with Crippen molar-refractivity contribution in [3.05, 3.63) is 0 Å². The quantitative estimate of drug-likeness (QED) is 0.547. The molecule has 0 radical (unpaired) electrons. The monoisotopic (exact) mass is 157 g/mol. The van der Waals surface area contributed by atoms with E-state index in [4.69, 9.17) is 0 Å². The van der Waals surface area contributed by atoms with Crippen LogP contribution in [0.2, 0.25) is 0 Å². The SMILES string of the molecule is CC(=O)N1C[C@@H](C)C[C@H](O)C1. The summed E-state index contributed by atoms with van der Waals surface area (Å²) in [5, 5.41) is 9.30. The molecule has 1 heterocycles. The van der Waals surface area contributed by atoms with Crippen LogP contribution in [0.5, 0.6) is 0 Å². The summed E-state index contributed by atoms with van der Waals surface area (Å²) in [7, 11) is 0. The Kier molecular flexibility index (Phi) is 2.49. The maximum Gasteiger partial charge on any atom is 0.219 e. The number of carbonyl (C=O) groups is 1. The second-order valence-corrected chi connectivity index (χ2v) is 3.42. The van der Waals surface area contributed by atoms with E-state index in [1.807, 2.05) is 0 Å². The van der Waals surface area contributed by atoms with E-state index in [1.165, 1.54) is 0 Å². The summed E-state index contributed by atoms with van der Waals surface area (Å²) in [6.45, 7) is 4.91. The van der Waals surface area contributed by atoms with Crippen LogP contribution in [0, 0.1) is 5.92 Å².